The Hall–Kier alpha value is -1.35. The first kappa shape index (κ1) is 19.4. The molecular weight excluding hydrogens is 322 g/mol. The van der Waals surface area contributed by atoms with Gasteiger partial charge in [-0.1, -0.05) is 50.1 Å². The van der Waals surface area contributed by atoms with Crippen LogP contribution in [0.3, 0.4) is 0 Å². The lowest BCUT2D eigenvalue weighted by Crippen LogP contribution is -2.51. The predicted molar refractivity (Wildman–Crippen MR) is 106 cm³/mol. The smallest absolute Gasteiger partial charge is 0.327 e. The maximum Gasteiger partial charge on any atom is 0.327 e. The van der Waals surface area contributed by atoms with Crippen LogP contribution in [0.2, 0.25) is 0 Å². The highest BCUT2D eigenvalue weighted by Crippen LogP contribution is 2.53. The van der Waals surface area contributed by atoms with Crippen molar-refractivity contribution < 1.29 is 9.53 Å². The molecule has 144 valence electrons. The molecule has 0 unspecified atom stereocenters. The van der Waals surface area contributed by atoms with Crippen LogP contribution in [0.4, 0.5) is 0 Å². The summed E-state index contributed by atoms with van der Waals surface area (Å²) in [6, 6.07) is 10.7. The van der Waals surface area contributed by atoms with Crippen molar-refractivity contribution in [3.8, 4) is 0 Å². The second-order valence-corrected chi connectivity index (χ2v) is 9.59. The Labute approximate surface area is 158 Å². The van der Waals surface area contributed by atoms with Crippen molar-refractivity contribution in [2.24, 2.45) is 11.8 Å². The van der Waals surface area contributed by atoms with E-state index in [1.165, 1.54) is 31.2 Å². The Bertz CT molecular complexity index is 613. The average Bonchev–Trinajstić information content (AvgIpc) is 3.30. The fourth-order valence-corrected chi connectivity index (χ4v) is 4.47. The van der Waals surface area contributed by atoms with Gasteiger partial charge in [-0.25, -0.2) is 0 Å². The summed E-state index contributed by atoms with van der Waals surface area (Å²) in [6.07, 6.45) is 5.96. The minimum atomic E-state index is -0.558. The van der Waals surface area contributed by atoms with E-state index in [0.717, 1.165) is 12.3 Å². The second-order valence-electron chi connectivity index (χ2n) is 9.59. The monoisotopic (exact) mass is 357 g/mol. The molecule has 2 fully saturated rings. The lowest BCUT2D eigenvalue weighted by molar-refractivity contribution is -0.159. The molecule has 1 N–H and O–H groups in total. The van der Waals surface area contributed by atoms with Crippen LogP contribution in [-0.4, -0.2) is 23.2 Å². The Kier molecular flexibility index (Phi) is 5.48. The van der Waals surface area contributed by atoms with Crippen molar-refractivity contribution >= 4 is 5.97 Å². The van der Waals surface area contributed by atoms with E-state index in [1.807, 2.05) is 26.8 Å². The number of ether oxygens (including phenoxy) is 1. The SMILES string of the molecule is CC1CCC([C@H](C)N[C@@]2(C(=O)OC(C)(C)C)C[C@H]2c2ccccc2)CC1. The highest BCUT2D eigenvalue weighted by molar-refractivity contribution is 5.87. The van der Waals surface area contributed by atoms with Crippen molar-refractivity contribution in [1.82, 2.24) is 5.32 Å². The minimum Gasteiger partial charge on any atom is -0.459 e. The maximum atomic E-state index is 13.1. The number of rotatable bonds is 5. The summed E-state index contributed by atoms with van der Waals surface area (Å²) < 4.78 is 5.82. The van der Waals surface area contributed by atoms with Gasteiger partial charge in [0.1, 0.15) is 11.1 Å². The molecule has 3 atom stereocenters. The van der Waals surface area contributed by atoms with Crippen molar-refractivity contribution in [2.45, 2.75) is 89.8 Å². The zero-order valence-corrected chi connectivity index (χ0v) is 17.0. The van der Waals surface area contributed by atoms with E-state index in [4.69, 9.17) is 4.74 Å². The summed E-state index contributed by atoms with van der Waals surface area (Å²) in [5.41, 5.74) is 0.214. The van der Waals surface area contributed by atoms with Gasteiger partial charge in [0.25, 0.3) is 0 Å². The molecule has 0 aromatic heterocycles. The van der Waals surface area contributed by atoms with E-state index in [1.54, 1.807) is 0 Å². The first-order valence-electron chi connectivity index (χ1n) is 10.3. The van der Waals surface area contributed by atoms with Gasteiger partial charge in [-0.2, -0.15) is 0 Å². The topological polar surface area (TPSA) is 38.3 Å². The van der Waals surface area contributed by atoms with Gasteiger partial charge in [0, 0.05) is 12.0 Å². The molecule has 0 amide bonds. The van der Waals surface area contributed by atoms with Crippen LogP contribution >= 0.6 is 0 Å². The molecule has 0 spiro atoms. The second kappa shape index (κ2) is 7.34. The van der Waals surface area contributed by atoms with Gasteiger partial charge < -0.3 is 4.74 Å². The van der Waals surface area contributed by atoms with E-state index < -0.39 is 11.1 Å². The molecule has 0 aliphatic heterocycles. The van der Waals surface area contributed by atoms with Crippen LogP contribution in [0.15, 0.2) is 30.3 Å². The Morgan fingerprint density at radius 3 is 2.35 bits per heavy atom. The molecule has 0 saturated heterocycles. The summed E-state index contributed by atoms with van der Waals surface area (Å²) in [5, 5.41) is 3.75. The van der Waals surface area contributed by atoms with Crippen LogP contribution in [0.5, 0.6) is 0 Å². The lowest BCUT2D eigenvalue weighted by Gasteiger charge is -2.34. The fourth-order valence-electron chi connectivity index (χ4n) is 4.47. The zero-order chi connectivity index (χ0) is 18.9. The highest BCUT2D eigenvalue weighted by Gasteiger charge is 2.63. The van der Waals surface area contributed by atoms with Crippen LogP contribution < -0.4 is 5.32 Å². The molecule has 2 aliphatic rings. The van der Waals surface area contributed by atoms with Gasteiger partial charge in [0.15, 0.2) is 0 Å². The summed E-state index contributed by atoms with van der Waals surface area (Å²) >= 11 is 0. The van der Waals surface area contributed by atoms with E-state index in [9.17, 15) is 4.79 Å². The maximum absolute atomic E-state index is 13.1. The van der Waals surface area contributed by atoms with Crippen LogP contribution in [0.1, 0.15) is 78.2 Å². The van der Waals surface area contributed by atoms with Crippen molar-refractivity contribution in [1.29, 1.82) is 0 Å². The quantitative estimate of drug-likeness (QED) is 0.749. The molecule has 3 nitrogen and oxygen atoms in total. The number of hydrogen-bond acceptors (Lipinski definition) is 3. The highest BCUT2D eigenvalue weighted by atomic mass is 16.6. The Balaban J connectivity index is 1.75. The van der Waals surface area contributed by atoms with Gasteiger partial charge in [-0.15, -0.1) is 0 Å². The summed E-state index contributed by atoms with van der Waals surface area (Å²) in [7, 11) is 0. The molecule has 0 bridgehead atoms. The normalized spacial score (nSPS) is 32.7. The van der Waals surface area contributed by atoms with Gasteiger partial charge in [0.05, 0.1) is 0 Å². The predicted octanol–water partition coefficient (Wildman–Crippen LogP) is 5.06. The molecule has 26 heavy (non-hydrogen) atoms. The molecule has 3 rings (SSSR count). The van der Waals surface area contributed by atoms with E-state index >= 15 is 0 Å². The number of nitrogens with one attached hydrogen (secondary N) is 1. The van der Waals surface area contributed by atoms with Crippen molar-refractivity contribution in [3.05, 3.63) is 35.9 Å². The number of carbonyl (C=O) groups is 1. The molecule has 1 aromatic carbocycles. The van der Waals surface area contributed by atoms with E-state index in [0.29, 0.717) is 12.0 Å². The minimum absolute atomic E-state index is 0.0881. The van der Waals surface area contributed by atoms with Crippen molar-refractivity contribution in [3.63, 3.8) is 0 Å². The third kappa shape index (κ3) is 4.31. The van der Waals surface area contributed by atoms with Gasteiger partial charge in [-0.05, 0) is 64.4 Å². The lowest BCUT2D eigenvalue weighted by atomic mass is 9.79. The standard InChI is InChI=1S/C23H35NO2/c1-16-11-13-18(14-12-16)17(2)24-23(21(25)26-22(3,4)5)15-20(23)19-9-7-6-8-10-19/h6-10,16-18,20,24H,11-15H2,1-5H3/t16?,17-,18?,20-,23-/m0/s1. The molecule has 0 radical (unpaired) electrons. The van der Waals surface area contributed by atoms with Crippen LogP contribution in [0, 0.1) is 11.8 Å². The number of hydrogen-bond donors (Lipinski definition) is 1. The molecule has 3 heteroatoms. The number of carbonyl (C=O) groups excluding carboxylic acids is 1. The Morgan fingerprint density at radius 2 is 1.77 bits per heavy atom. The summed E-state index contributed by atoms with van der Waals surface area (Å²) in [4.78, 5) is 13.1. The Morgan fingerprint density at radius 1 is 1.15 bits per heavy atom. The number of esters is 1. The van der Waals surface area contributed by atoms with Crippen LogP contribution in [0.25, 0.3) is 0 Å². The van der Waals surface area contributed by atoms with Gasteiger partial charge in [0.2, 0.25) is 0 Å². The average molecular weight is 358 g/mol. The van der Waals surface area contributed by atoms with E-state index in [-0.39, 0.29) is 11.9 Å². The first-order chi connectivity index (χ1) is 12.2. The third-order valence-electron chi connectivity index (χ3n) is 6.18. The molecule has 2 aliphatic carbocycles. The molecule has 0 heterocycles. The largest absolute Gasteiger partial charge is 0.459 e. The molecule has 2 saturated carbocycles. The molecular formula is C23H35NO2. The third-order valence-corrected chi connectivity index (χ3v) is 6.18. The first-order valence-corrected chi connectivity index (χ1v) is 10.3. The zero-order valence-electron chi connectivity index (χ0n) is 17.0. The summed E-state index contributed by atoms with van der Waals surface area (Å²) in [6.45, 7) is 10.5. The number of benzene rings is 1. The van der Waals surface area contributed by atoms with E-state index in [2.05, 4.69) is 43.4 Å². The van der Waals surface area contributed by atoms with Gasteiger partial charge >= 0.3 is 5.97 Å². The summed E-state index contributed by atoms with van der Waals surface area (Å²) in [5.74, 6) is 1.62. The molecule has 1 aromatic rings. The van der Waals surface area contributed by atoms with Crippen molar-refractivity contribution in [2.75, 3.05) is 0 Å². The fraction of sp³-hybridized carbons (Fsp3) is 0.696. The van der Waals surface area contributed by atoms with Gasteiger partial charge in [-0.3, -0.25) is 10.1 Å². The van der Waals surface area contributed by atoms with Crippen LogP contribution in [-0.2, 0) is 9.53 Å².